The van der Waals surface area contributed by atoms with Gasteiger partial charge in [0.05, 0.1) is 0 Å². The van der Waals surface area contributed by atoms with E-state index >= 15 is 0 Å². The van der Waals surface area contributed by atoms with Crippen molar-refractivity contribution in [2.24, 2.45) is 178 Å². The van der Waals surface area contributed by atoms with Crippen LogP contribution in [0.2, 0.25) is 0 Å². The lowest BCUT2D eigenvalue weighted by atomic mass is 9.43. The number of rotatable bonds is 0. The fourth-order valence-electron chi connectivity index (χ4n) is 24.4. The van der Waals surface area contributed by atoms with Gasteiger partial charge in [0.2, 0.25) is 0 Å². The number of hydrogen-bond donors (Lipinski definition) is 0. The molecule has 0 saturated heterocycles. The molecule has 0 aliphatic heterocycles. The van der Waals surface area contributed by atoms with E-state index < -0.39 is 0 Å². The molecule has 0 amide bonds. The first-order valence-electron chi connectivity index (χ1n) is 19.3. The SMILES string of the molecule is C1C2CC3CC4CC5CC6CC7CC8CC9CC1C1C2C2C3C3C4C5C4C6C5C7C8C6C9C1C1C2C3C4C5C61. The second-order valence-corrected chi connectivity index (χ2v) is 21.1. The van der Waals surface area contributed by atoms with Gasteiger partial charge in [0, 0.05) is 0 Å². The highest BCUT2D eigenvalue weighted by Gasteiger charge is 2.87. The first kappa shape index (κ1) is 19.3. The van der Waals surface area contributed by atoms with Crippen molar-refractivity contribution in [2.45, 2.75) is 57.8 Å². The van der Waals surface area contributed by atoms with Crippen LogP contribution in [0.3, 0.4) is 0 Å². The maximum absolute atomic E-state index is 1.76. The quantitative estimate of drug-likeness (QED) is 0.319. The molecule has 0 N–H and O–H groups in total. The zero-order chi connectivity index (χ0) is 23.7. The van der Waals surface area contributed by atoms with E-state index in [4.69, 9.17) is 0 Å². The van der Waals surface area contributed by atoms with Gasteiger partial charge in [-0.3, -0.25) is 0 Å². The van der Waals surface area contributed by atoms with Crippen molar-refractivity contribution in [3.05, 3.63) is 0 Å². The van der Waals surface area contributed by atoms with Crippen molar-refractivity contribution >= 4 is 0 Å². The third kappa shape index (κ3) is 1.52. The Balaban J connectivity index is 1.07. The molecule has 18 atom stereocenters. The van der Waals surface area contributed by atoms with E-state index in [1.165, 1.54) is 178 Å². The lowest BCUT2D eigenvalue weighted by Crippen LogP contribution is -2.58. The topological polar surface area (TPSA) is 0 Å². The van der Waals surface area contributed by atoms with Crippen LogP contribution < -0.4 is 0 Å². The summed E-state index contributed by atoms with van der Waals surface area (Å²) < 4.78 is 0. The maximum atomic E-state index is 1.76. The first-order valence-corrected chi connectivity index (χ1v) is 19.3. The van der Waals surface area contributed by atoms with Crippen LogP contribution in [0, 0.1) is 178 Å². The summed E-state index contributed by atoms with van der Waals surface area (Å²) in [6.07, 6.45) is 15.8. The summed E-state index contributed by atoms with van der Waals surface area (Å²) >= 11 is 0. The Kier molecular flexibility index (Phi) is 2.63. The van der Waals surface area contributed by atoms with Crippen LogP contribution in [0.5, 0.6) is 0 Å². The third-order valence-corrected chi connectivity index (χ3v) is 22.3. The highest BCUT2D eigenvalue weighted by atomic mass is 14.9. The van der Waals surface area contributed by atoms with Gasteiger partial charge in [0.25, 0.3) is 0 Å². The van der Waals surface area contributed by atoms with Crippen LogP contribution in [0.1, 0.15) is 57.8 Å². The smallest absolute Gasteiger partial charge is 0.0312 e. The van der Waals surface area contributed by atoms with E-state index in [9.17, 15) is 0 Å². The predicted molar refractivity (Wildman–Crippen MR) is 146 cm³/mol. The van der Waals surface area contributed by atoms with Crippen LogP contribution in [0.25, 0.3) is 0 Å². The van der Waals surface area contributed by atoms with Crippen LogP contribution in [0.4, 0.5) is 0 Å². The molecule has 16 aliphatic rings. The average Bonchev–Trinajstić information content (AvgIpc) is 3.74. The molecule has 0 aromatic carbocycles. The molecule has 0 heteroatoms. The van der Waals surface area contributed by atoms with E-state index in [0.717, 1.165) is 0 Å². The molecule has 16 aliphatic carbocycles. The Morgan fingerprint density at radius 2 is 0.231 bits per heavy atom. The van der Waals surface area contributed by atoms with Gasteiger partial charge >= 0.3 is 0 Å². The highest BCUT2D eigenvalue weighted by molar-refractivity contribution is 5.35. The van der Waals surface area contributed by atoms with E-state index in [1.54, 1.807) is 57.8 Å². The van der Waals surface area contributed by atoms with Gasteiger partial charge in [0.1, 0.15) is 0 Å². The summed E-state index contributed by atoms with van der Waals surface area (Å²) in [5, 5.41) is 0. The summed E-state index contributed by atoms with van der Waals surface area (Å²) in [4.78, 5) is 0. The highest BCUT2D eigenvalue weighted by Crippen LogP contribution is 2.92. The standard InChI is InChI=1S/C39H48/c1-10-4-16-6-12-2-14-8-18-9-15-3-13-7-17-5-11(1)20-19(10)28-25(16)30-21(12)23(14)32-27(18)33-24(15)22(13)31-26(17)29(20)35-34(28)36(30)38(32)39(33)37(31)35/h10-39H,1-9H2. The molecule has 0 spiro atoms. The normalized spacial score (nSPS) is 88.6. The van der Waals surface area contributed by atoms with Crippen molar-refractivity contribution in [1.82, 2.24) is 0 Å². The van der Waals surface area contributed by atoms with Crippen LogP contribution in [-0.2, 0) is 0 Å². The van der Waals surface area contributed by atoms with Gasteiger partial charge in [-0.25, -0.2) is 0 Å². The minimum Gasteiger partial charge on any atom is -0.0470 e. The summed E-state index contributed by atoms with van der Waals surface area (Å²) in [6, 6.07) is 0. The molecule has 16 saturated carbocycles. The molecule has 16 rings (SSSR count). The lowest BCUT2D eigenvalue weighted by Gasteiger charge is -2.62. The van der Waals surface area contributed by atoms with Crippen molar-refractivity contribution < 1.29 is 0 Å². The van der Waals surface area contributed by atoms with Gasteiger partial charge < -0.3 is 0 Å². The lowest BCUT2D eigenvalue weighted by molar-refractivity contribution is -0.152. The molecule has 204 valence electrons. The molecule has 18 unspecified atom stereocenters. The van der Waals surface area contributed by atoms with Crippen molar-refractivity contribution in [3.8, 4) is 0 Å². The second-order valence-electron chi connectivity index (χ2n) is 21.1. The average molecular weight is 517 g/mol. The monoisotopic (exact) mass is 516 g/mol. The van der Waals surface area contributed by atoms with Gasteiger partial charge in [-0.15, -0.1) is 0 Å². The Morgan fingerprint density at radius 1 is 0.128 bits per heavy atom. The van der Waals surface area contributed by atoms with Crippen molar-refractivity contribution in [1.29, 1.82) is 0 Å². The summed E-state index contributed by atoms with van der Waals surface area (Å²) in [6.45, 7) is 0. The molecule has 0 radical (unpaired) electrons. The molecule has 0 nitrogen and oxygen atoms in total. The molecular formula is C39H48. The van der Waals surface area contributed by atoms with Crippen molar-refractivity contribution in [2.75, 3.05) is 0 Å². The zero-order valence-corrected chi connectivity index (χ0v) is 23.7. The fraction of sp³-hybridized carbons (Fsp3) is 1.00. The molecule has 0 aromatic heterocycles. The summed E-state index contributed by atoms with van der Waals surface area (Å²) in [5.41, 5.74) is 0. The van der Waals surface area contributed by atoms with Crippen LogP contribution >= 0.6 is 0 Å². The van der Waals surface area contributed by atoms with E-state index in [-0.39, 0.29) is 0 Å². The van der Waals surface area contributed by atoms with Gasteiger partial charge in [-0.1, -0.05) is 0 Å². The van der Waals surface area contributed by atoms with E-state index in [0.29, 0.717) is 0 Å². The fourth-order valence-corrected chi connectivity index (χ4v) is 24.4. The largest absolute Gasteiger partial charge is 0.0470 e. The first-order chi connectivity index (χ1) is 19.3. The van der Waals surface area contributed by atoms with Crippen LogP contribution in [-0.4, -0.2) is 0 Å². The molecule has 0 heterocycles. The zero-order valence-electron chi connectivity index (χ0n) is 23.7. The summed E-state index contributed by atoms with van der Waals surface area (Å²) in [7, 11) is 0. The molecule has 39 heavy (non-hydrogen) atoms. The second kappa shape index (κ2) is 5.31. The van der Waals surface area contributed by atoms with Gasteiger partial charge in [-0.2, -0.15) is 0 Å². The Morgan fingerprint density at radius 3 is 0.385 bits per heavy atom. The minimum atomic E-state index is 1.21. The summed E-state index contributed by atoms with van der Waals surface area (Å²) in [5.74, 6) is 37.7. The Bertz CT molecular complexity index is 1050. The van der Waals surface area contributed by atoms with E-state index in [1.807, 2.05) is 0 Å². The third-order valence-electron chi connectivity index (χ3n) is 22.3. The molecule has 0 aromatic rings. The van der Waals surface area contributed by atoms with E-state index in [2.05, 4.69) is 0 Å². The molecule has 16 fully saturated rings. The molecule has 0 bridgehead atoms. The Hall–Kier alpha value is 0. The van der Waals surface area contributed by atoms with Gasteiger partial charge in [-0.05, 0) is 235 Å². The maximum Gasteiger partial charge on any atom is -0.0312 e. The number of hydrogen-bond acceptors (Lipinski definition) is 0. The molecular weight excluding hydrogens is 468 g/mol. The van der Waals surface area contributed by atoms with Gasteiger partial charge in [0.15, 0.2) is 0 Å². The van der Waals surface area contributed by atoms with Crippen LogP contribution in [0.15, 0.2) is 0 Å². The van der Waals surface area contributed by atoms with Crippen molar-refractivity contribution in [3.63, 3.8) is 0 Å². The Labute approximate surface area is 235 Å². The predicted octanol–water partition coefficient (Wildman–Crippen LogP) is 7.20. The minimum absolute atomic E-state index is 1.21.